The van der Waals surface area contributed by atoms with E-state index in [1.165, 1.54) is 5.56 Å². The Balaban J connectivity index is 2.06. The van der Waals surface area contributed by atoms with E-state index >= 15 is 0 Å². The molecule has 0 spiro atoms. The normalized spacial score (nSPS) is 12.7. The molecule has 0 saturated heterocycles. The molecule has 4 nitrogen and oxygen atoms in total. The van der Waals surface area contributed by atoms with Gasteiger partial charge >= 0.3 is 0 Å². The Labute approximate surface area is 127 Å². The summed E-state index contributed by atoms with van der Waals surface area (Å²) < 4.78 is 11.5. The number of hydrogen-bond acceptors (Lipinski definition) is 4. The Bertz CT molecular complexity index is 539. The summed E-state index contributed by atoms with van der Waals surface area (Å²) in [6.07, 6.45) is 0. The highest BCUT2D eigenvalue weighted by Crippen LogP contribution is 2.25. The largest absolute Gasteiger partial charge is 0.497 e. The van der Waals surface area contributed by atoms with Crippen LogP contribution in [0.5, 0.6) is 5.75 Å². The first-order valence-electron chi connectivity index (χ1n) is 6.42. The Kier molecular flexibility index (Phi) is 5.23. The van der Waals surface area contributed by atoms with Crippen molar-refractivity contribution in [2.45, 2.75) is 12.6 Å². The van der Waals surface area contributed by atoms with Crippen molar-refractivity contribution in [3.63, 3.8) is 0 Å². The molecule has 1 unspecified atom stereocenters. The molecule has 2 N–H and O–H groups in total. The maximum atomic E-state index is 5.88. The molecule has 20 heavy (non-hydrogen) atoms. The molecule has 1 atom stereocenters. The van der Waals surface area contributed by atoms with E-state index in [-0.39, 0.29) is 6.04 Å². The fourth-order valence-corrected chi connectivity index (χ4v) is 2.47. The maximum Gasteiger partial charge on any atom is 0.169 e. The van der Waals surface area contributed by atoms with E-state index in [2.05, 4.69) is 33.0 Å². The zero-order valence-corrected chi connectivity index (χ0v) is 13.3. The molecule has 5 heteroatoms. The number of ether oxygens (including phenoxy) is 1. The molecule has 1 aromatic heterocycles. The minimum Gasteiger partial charge on any atom is -0.497 e. The predicted molar refractivity (Wildman–Crippen MR) is 82.7 cm³/mol. The van der Waals surface area contributed by atoms with Crippen molar-refractivity contribution >= 4 is 15.9 Å². The molecule has 0 bridgehead atoms. The van der Waals surface area contributed by atoms with Gasteiger partial charge in [-0.1, -0.05) is 12.1 Å². The van der Waals surface area contributed by atoms with Crippen LogP contribution in [-0.2, 0) is 6.54 Å². The summed E-state index contributed by atoms with van der Waals surface area (Å²) in [4.78, 5) is 2.17. The number of rotatable bonds is 6. The lowest BCUT2D eigenvalue weighted by Crippen LogP contribution is -2.29. The van der Waals surface area contributed by atoms with Crippen molar-refractivity contribution in [2.24, 2.45) is 5.73 Å². The average molecular weight is 339 g/mol. The highest BCUT2D eigenvalue weighted by atomic mass is 79.9. The van der Waals surface area contributed by atoms with Crippen LogP contribution in [-0.4, -0.2) is 25.6 Å². The second-order valence-corrected chi connectivity index (χ2v) is 5.44. The zero-order chi connectivity index (χ0) is 14.5. The summed E-state index contributed by atoms with van der Waals surface area (Å²) in [6.45, 7) is 1.30. The Morgan fingerprint density at radius 1 is 1.25 bits per heavy atom. The van der Waals surface area contributed by atoms with Crippen LogP contribution < -0.4 is 10.5 Å². The van der Waals surface area contributed by atoms with Crippen LogP contribution in [0.3, 0.4) is 0 Å². The molecule has 0 radical (unpaired) electrons. The number of halogens is 1. The van der Waals surface area contributed by atoms with Crippen molar-refractivity contribution in [3.8, 4) is 5.75 Å². The van der Waals surface area contributed by atoms with Crippen LogP contribution in [0.4, 0.5) is 0 Å². The molecule has 2 rings (SSSR count). The monoisotopic (exact) mass is 338 g/mol. The summed E-state index contributed by atoms with van der Waals surface area (Å²) in [5, 5.41) is 0. The van der Waals surface area contributed by atoms with E-state index in [1.54, 1.807) is 7.11 Å². The molecule has 0 aliphatic heterocycles. The Morgan fingerprint density at radius 2 is 1.95 bits per heavy atom. The van der Waals surface area contributed by atoms with Gasteiger partial charge in [0.25, 0.3) is 0 Å². The number of nitrogens with zero attached hydrogens (tertiary/aromatic N) is 1. The number of benzene rings is 1. The third-order valence-electron chi connectivity index (χ3n) is 3.27. The van der Waals surface area contributed by atoms with Gasteiger partial charge in [-0.25, -0.2) is 0 Å². The van der Waals surface area contributed by atoms with Crippen molar-refractivity contribution in [3.05, 3.63) is 52.4 Å². The maximum absolute atomic E-state index is 5.88. The molecule has 0 aliphatic rings. The minimum atomic E-state index is 0.0587. The van der Waals surface area contributed by atoms with Crippen LogP contribution in [0.15, 0.2) is 45.5 Å². The Hall–Kier alpha value is -1.30. The topological polar surface area (TPSA) is 51.6 Å². The zero-order valence-electron chi connectivity index (χ0n) is 11.7. The second-order valence-electron chi connectivity index (χ2n) is 4.66. The third-order valence-corrected chi connectivity index (χ3v) is 3.69. The predicted octanol–water partition coefficient (Wildman–Crippen LogP) is 3.18. The van der Waals surface area contributed by atoms with E-state index in [1.807, 2.05) is 31.3 Å². The number of likely N-dealkylation sites (N-methyl/N-ethyl adjacent to an activating group) is 1. The van der Waals surface area contributed by atoms with Gasteiger partial charge < -0.3 is 14.9 Å². The van der Waals surface area contributed by atoms with Gasteiger partial charge in [-0.2, -0.15) is 0 Å². The van der Waals surface area contributed by atoms with E-state index in [0.717, 1.165) is 22.7 Å². The van der Waals surface area contributed by atoms with Gasteiger partial charge in [-0.3, -0.25) is 4.90 Å². The first kappa shape index (κ1) is 15.1. The summed E-state index contributed by atoms with van der Waals surface area (Å²) in [5.41, 5.74) is 7.08. The lowest BCUT2D eigenvalue weighted by Gasteiger charge is -2.25. The molecule has 1 heterocycles. The molecule has 2 aromatic rings. The van der Waals surface area contributed by atoms with E-state index < -0.39 is 0 Å². The number of furan rings is 1. The second kappa shape index (κ2) is 6.92. The van der Waals surface area contributed by atoms with Crippen LogP contribution >= 0.6 is 15.9 Å². The van der Waals surface area contributed by atoms with Crippen molar-refractivity contribution in [1.82, 2.24) is 4.90 Å². The lowest BCUT2D eigenvalue weighted by atomic mass is 10.1. The SMILES string of the molecule is COc1ccc(CN(C)C(CN)c2ccc(Br)o2)cc1. The first-order chi connectivity index (χ1) is 9.63. The summed E-state index contributed by atoms with van der Waals surface area (Å²) in [6, 6.07) is 11.9. The molecule has 0 saturated carbocycles. The molecule has 0 amide bonds. The van der Waals surface area contributed by atoms with Crippen LogP contribution in [0.2, 0.25) is 0 Å². The fraction of sp³-hybridized carbons (Fsp3) is 0.333. The van der Waals surface area contributed by atoms with Gasteiger partial charge in [0.1, 0.15) is 11.5 Å². The highest BCUT2D eigenvalue weighted by molar-refractivity contribution is 9.10. The fourth-order valence-electron chi connectivity index (χ4n) is 2.15. The van der Waals surface area contributed by atoms with Gasteiger partial charge in [0.2, 0.25) is 0 Å². The van der Waals surface area contributed by atoms with Crippen molar-refractivity contribution < 1.29 is 9.15 Å². The first-order valence-corrected chi connectivity index (χ1v) is 7.22. The van der Waals surface area contributed by atoms with Crippen LogP contribution in [0, 0.1) is 0 Å². The quantitative estimate of drug-likeness (QED) is 0.878. The van der Waals surface area contributed by atoms with Crippen molar-refractivity contribution in [2.75, 3.05) is 20.7 Å². The lowest BCUT2D eigenvalue weighted by molar-refractivity contribution is 0.211. The van der Waals surface area contributed by atoms with Gasteiger partial charge in [0, 0.05) is 13.1 Å². The Morgan fingerprint density at radius 3 is 2.45 bits per heavy atom. The summed E-state index contributed by atoms with van der Waals surface area (Å²) in [7, 11) is 3.71. The van der Waals surface area contributed by atoms with Gasteiger partial charge in [-0.05, 0) is 52.8 Å². The van der Waals surface area contributed by atoms with Crippen molar-refractivity contribution in [1.29, 1.82) is 0 Å². The number of nitrogens with two attached hydrogens (primary N) is 1. The average Bonchev–Trinajstić information content (AvgIpc) is 2.87. The molecular weight excluding hydrogens is 320 g/mol. The smallest absolute Gasteiger partial charge is 0.169 e. The standard InChI is InChI=1S/C15H19BrN2O2/c1-18(10-11-3-5-12(19-2)6-4-11)13(9-17)14-7-8-15(16)20-14/h3-8,13H,9-10,17H2,1-2H3. The summed E-state index contributed by atoms with van der Waals surface area (Å²) in [5.74, 6) is 1.73. The van der Waals surface area contributed by atoms with Gasteiger partial charge in [0.15, 0.2) is 4.67 Å². The van der Waals surface area contributed by atoms with Gasteiger partial charge in [0.05, 0.1) is 13.2 Å². The summed E-state index contributed by atoms with van der Waals surface area (Å²) >= 11 is 3.32. The van der Waals surface area contributed by atoms with E-state index in [0.29, 0.717) is 6.54 Å². The minimum absolute atomic E-state index is 0.0587. The number of hydrogen-bond donors (Lipinski definition) is 1. The molecule has 108 valence electrons. The van der Waals surface area contributed by atoms with E-state index in [9.17, 15) is 0 Å². The van der Waals surface area contributed by atoms with Gasteiger partial charge in [-0.15, -0.1) is 0 Å². The molecular formula is C15H19BrN2O2. The van der Waals surface area contributed by atoms with E-state index in [4.69, 9.17) is 14.9 Å². The molecule has 1 aromatic carbocycles. The number of methoxy groups -OCH3 is 1. The molecule has 0 aliphatic carbocycles. The van der Waals surface area contributed by atoms with Crippen LogP contribution in [0.25, 0.3) is 0 Å². The highest BCUT2D eigenvalue weighted by Gasteiger charge is 2.19. The molecule has 0 fully saturated rings. The third kappa shape index (κ3) is 3.62. The van der Waals surface area contributed by atoms with Crippen LogP contribution in [0.1, 0.15) is 17.4 Å².